The highest BCUT2D eigenvalue weighted by Gasteiger charge is 2.27. The van der Waals surface area contributed by atoms with E-state index >= 15 is 0 Å². The highest BCUT2D eigenvalue weighted by atomic mass is 19.1. The zero-order chi connectivity index (χ0) is 26.3. The number of hydrogen-bond acceptors (Lipinski definition) is 8. The second-order valence-electron chi connectivity index (χ2n) is 9.27. The van der Waals surface area contributed by atoms with Crippen molar-refractivity contribution in [2.24, 2.45) is 5.92 Å². The number of H-pyrrole nitrogens is 1. The van der Waals surface area contributed by atoms with Crippen LogP contribution in [0, 0.1) is 11.7 Å². The molecule has 2 aliphatic rings. The predicted molar refractivity (Wildman–Crippen MR) is 138 cm³/mol. The molecule has 1 heterocycles. The van der Waals surface area contributed by atoms with Crippen LogP contribution in [0.3, 0.4) is 0 Å². The Balaban J connectivity index is 1.05. The molecule has 202 valence electrons. The summed E-state index contributed by atoms with van der Waals surface area (Å²) in [4.78, 5) is 11.6. The number of rotatable bonds is 14. The summed E-state index contributed by atoms with van der Waals surface area (Å²) in [5.41, 5.74) is 4.62. The molecule has 0 saturated heterocycles. The monoisotopic (exact) mass is 525 g/mol. The van der Waals surface area contributed by atoms with Gasteiger partial charge < -0.3 is 29.0 Å². The fraction of sp³-hybridized carbons (Fsp3) is 0.429. The van der Waals surface area contributed by atoms with E-state index < -0.39 is 0 Å². The minimum atomic E-state index is -0.310. The molecule has 0 bridgehead atoms. The Morgan fingerprint density at radius 1 is 1.05 bits per heavy atom. The topological polar surface area (TPSA) is 104 Å². The number of carbonyl (C=O) groups is 1. The number of carbonyl (C=O) groups excluding carboxylic acids is 1. The molecule has 38 heavy (non-hydrogen) atoms. The summed E-state index contributed by atoms with van der Waals surface area (Å²) in [6.45, 7) is 2.23. The average Bonchev–Trinajstić information content (AvgIpc) is 3.42. The molecule has 0 atom stereocenters. The Bertz CT molecular complexity index is 1260. The van der Waals surface area contributed by atoms with Crippen molar-refractivity contribution in [2.45, 2.75) is 25.7 Å². The summed E-state index contributed by atoms with van der Waals surface area (Å²) in [6, 6.07) is 10.2. The zero-order valence-corrected chi connectivity index (χ0v) is 21.4. The molecular weight excluding hydrogens is 493 g/mol. The molecule has 3 aromatic rings. The summed E-state index contributed by atoms with van der Waals surface area (Å²) in [7, 11) is 1.60. The Morgan fingerprint density at radius 2 is 1.84 bits per heavy atom. The first-order chi connectivity index (χ1) is 18.6. The van der Waals surface area contributed by atoms with Gasteiger partial charge in [0.1, 0.15) is 19.0 Å². The Hall–Kier alpha value is -3.63. The van der Waals surface area contributed by atoms with E-state index in [-0.39, 0.29) is 24.3 Å². The number of methoxy groups -OCH3 is 1. The summed E-state index contributed by atoms with van der Waals surface area (Å²) in [6.07, 6.45) is 3.64. The maximum Gasteiger partial charge on any atom is 0.309 e. The largest absolute Gasteiger partial charge is 0.493 e. The van der Waals surface area contributed by atoms with Crippen LogP contribution in [0.25, 0.3) is 11.3 Å². The van der Waals surface area contributed by atoms with Crippen molar-refractivity contribution in [3.05, 3.63) is 53.3 Å². The number of aromatic nitrogens is 2. The fourth-order valence-electron chi connectivity index (χ4n) is 4.51. The fourth-order valence-corrected chi connectivity index (χ4v) is 4.51. The number of ether oxygens (including phenoxy) is 5. The standard InChI is InChI=1S/C28H32FN3O6/c1-34-24-17-22-19(14-23-26(22)31-32-27(23)30-21-7-3-6-20(29)16-21)15-25(24)37-12-10-35-8-9-36-11-13-38-28(33)18-4-2-5-18/h3,6-7,15-18H,2,4-5,8-14H2,1H3,(H2,30,31,32). The van der Waals surface area contributed by atoms with E-state index in [4.69, 9.17) is 23.7 Å². The summed E-state index contributed by atoms with van der Waals surface area (Å²) in [5, 5.41) is 10.7. The maximum absolute atomic E-state index is 13.6. The summed E-state index contributed by atoms with van der Waals surface area (Å²) < 4.78 is 41.3. The quantitative estimate of drug-likeness (QED) is 0.182. The molecule has 10 heteroatoms. The number of aromatic amines is 1. The molecule has 0 spiro atoms. The lowest BCUT2D eigenvalue weighted by atomic mass is 9.86. The van der Waals surface area contributed by atoms with Gasteiger partial charge in [-0.2, -0.15) is 5.10 Å². The first kappa shape index (κ1) is 26.0. The molecule has 2 N–H and O–H groups in total. The van der Waals surface area contributed by atoms with Gasteiger partial charge in [-0.15, -0.1) is 0 Å². The van der Waals surface area contributed by atoms with Crippen LogP contribution < -0.4 is 14.8 Å². The number of esters is 1. The van der Waals surface area contributed by atoms with Crippen molar-refractivity contribution in [3.63, 3.8) is 0 Å². The first-order valence-corrected chi connectivity index (χ1v) is 12.9. The van der Waals surface area contributed by atoms with E-state index in [1.165, 1.54) is 12.1 Å². The van der Waals surface area contributed by atoms with Crippen molar-refractivity contribution in [2.75, 3.05) is 52.1 Å². The number of nitrogens with one attached hydrogen (secondary N) is 2. The highest BCUT2D eigenvalue weighted by molar-refractivity contribution is 5.81. The third kappa shape index (κ3) is 6.08. The van der Waals surface area contributed by atoms with Gasteiger partial charge in [0.2, 0.25) is 0 Å². The Kier molecular flexibility index (Phi) is 8.40. The zero-order valence-electron chi connectivity index (χ0n) is 21.4. The lowest BCUT2D eigenvalue weighted by Gasteiger charge is -2.22. The third-order valence-corrected chi connectivity index (χ3v) is 6.75. The average molecular weight is 526 g/mol. The smallest absolute Gasteiger partial charge is 0.309 e. The number of nitrogens with zero attached hydrogens (tertiary/aromatic N) is 1. The molecule has 0 unspecified atom stereocenters. The molecule has 0 amide bonds. The van der Waals surface area contributed by atoms with Crippen molar-refractivity contribution in [1.82, 2.24) is 10.2 Å². The van der Waals surface area contributed by atoms with E-state index in [9.17, 15) is 9.18 Å². The van der Waals surface area contributed by atoms with E-state index in [2.05, 4.69) is 15.5 Å². The Morgan fingerprint density at radius 3 is 2.58 bits per heavy atom. The van der Waals surface area contributed by atoms with E-state index in [0.717, 1.165) is 41.6 Å². The summed E-state index contributed by atoms with van der Waals surface area (Å²) >= 11 is 0. The molecule has 2 aliphatic carbocycles. The van der Waals surface area contributed by atoms with Gasteiger partial charge in [-0.05, 0) is 48.7 Å². The van der Waals surface area contributed by atoms with Crippen molar-refractivity contribution in [1.29, 1.82) is 0 Å². The molecule has 1 saturated carbocycles. The number of halogens is 1. The van der Waals surface area contributed by atoms with Gasteiger partial charge in [-0.25, -0.2) is 4.39 Å². The molecule has 1 fully saturated rings. The van der Waals surface area contributed by atoms with Gasteiger partial charge in [0.25, 0.3) is 0 Å². The van der Waals surface area contributed by atoms with Crippen LogP contribution in [0.4, 0.5) is 15.9 Å². The normalized spacial score (nSPS) is 13.9. The number of hydrogen-bond donors (Lipinski definition) is 2. The van der Waals surface area contributed by atoms with Crippen LogP contribution in [0.1, 0.15) is 30.4 Å². The third-order valence-electron chi connectivity index (χ3n) is 6.75. The maximum atomic E-state index is 13.6. The van der Waals surface area contributed by atoms with E-state index in [1.54, 1.807) is 19.2 Å². The number of anilines is 2. The van der Waals surface area contributed by atoms with Crippen LogP contribution in [-0.2, 0) is 25.4 Å². The minimum absolute atomic E-state index is 0.0894. The predicted octanol–water partition coefficient (Wildman–Crippen LogP) is 4.63. The molecule has 9 nitrogen and oxygen atoms in total. The second-order valence-corrected chi connectivity index (χ2v) is 9.27. The SMILES string of the molecule is COc1cc2c(cc1OCCOCCOCCOC(=O)C1CCC1)Cc1c(Nc3cccc(F)c3)n[nH]c1-2. The minimum Gasteiger partial charge on any atom is -0.493 e. The first-order valence-electron chi connectivity index (χ1n) is 12.9. The lowest BCUT2D eigenvalue weighted by molar-refractivity contribution is -0.153. The summed E-state index contributed by atoms with van der Waals surface area (Å²) in [5.74, 6) is 1.58. The Labute approximate surface area is 220 Å². The van der Waals surface area contributed by atoms with Gasteiger partial charge in [-0.1, -0.05) is 12.5 Å². The number of fused-ring (bicyclic) bond motifs is 3. The molecule has 0 aliphatic heterocycles. The van der Waals surface area contributed by atoms with Gasteiger partial charge in [0.15, 0.2) is 17.3 Å². The molecule has 5 rings (SSSR count). The number of benzene rings is 2. The van der Waals surface area contributed by atoms with Crippen molar-refractivity contribution in [3.8, 4) is 22.8 Å². The van der Waals surface area contributed by atoms with Crippen LogP contribution in [-0.4, -0.2) is 62.9 Å². The van der Waals surface area contributed by atoms with Crippen LogP contribution in [0.5, 0.6) is 11.5 Å². The molecule has 1 aromatic heterocycles. The lowest BCUT2D eigenvalue weighted by Crippen LogP contribution is -2.25. The van der Waals surface area contributed by atoms with Gasteiger partial charge in [-0.3, -0.25) is 9.89 Å². The van der Waals surface area contributed by atoms with Crippen LogP contribution in [0.2, 0.25) is 0 Å². The van der Waals surface area contributed by atoms with Crippen molar-refractivity contribution >= 4 is 17.5 Å². The van der Waals surface area contributed by atoms with Crippen LogP contribution >= 0.6 is 0 Å². The highest BCUT2D eigenvalue weighted by Crippen LogP contribution is 2.44. The van der Waals surface area contributed by atoms with E-state index in [0.29, 0.717) is 62.5 Å². The molecular formula is C28H32FN3O6. The van der Waals surface area contributed by atoms with Gasteiger partial charge in [0.05, 0.1) is 45.1 Å². The molecule has 2 aromatic carbocycles. The van der Waals surface area contributed by atoms with Gasteiger partial charge >= 0.3 is 5.97 Å². The second kappa shape index (κ2) is 12.3. The van der Waals surface area contributed by atoms with Gasteiger partial charge in [0, 0.05) is 23.2 Å². The van der Waals surface area contributed by atoms with Crippen molar-refractivity contribution < 1.29 is 32.9 Å². The van der Waals surface area contributed by atoms with E-state index in [1.807, 2.05) is 12.1 Å². The molecule has 0 radical (unpaired) electrons. The van der Waals surface area contributed by atoms with Crippen LogP contribution in [0.15, 0.2) is 36.4 Å².